The molecule has 0 unspecified atom stereocenters. The Bertz CT molecular complexity index is 939. The molecule has 0 aromatic heterocycles. The molecule has 0 saturated heterocycles. The second kappa shape index (κ2) is 11.6. The molecule has 11 heteroatoms. The first-order valence-electron chi connectivity index (χ1n) is 12.1. The molecule has 35 heavy (non-hydrogen) atoms. The van der Waals surface area contributed by atoms with Crippen molar-refractivity contribution in [2.45, 2.75) is 93.2 Å². The van der Waals surface area contributed by atoms with Crippen LogP contribution in [0.1, 0.15) is 63.4 Å². The smallest absolute Gasteiger partial charge is 0.393 e. The Morgan fingerprint density at radius 2 is 1.51 bits per heavy atom. The lowest BCUT2D eigenvalue weighted by Crippen LogP contribution is -2.41. The van der Waals surface area contributed by atoms with E-state index in [0.29, 0.717) is 45.1 Å². The molecule has 1 N–H and O–H groups in total. The molecule has 2 aliphatic rings. The molecular formula is C24H35F3N2O5S. The molecule has 1 amide bonds. The molecule has 2 aliphatic carbocycles. The molecule has 7 nitrogen and oxygen atoms in total. The number of halogens is 3. The monoisotopic (exact) mass is 520 g/mol. The van der Waals surface area contributed by atoms with E-state index in [1.165, 1.54) is 11.4 Å². The van der Waals surface area contributed by atoms with Crippen LogP contribution in [0.2, 0.25) is 0 Å². The Morgan fingerprint density at radius 1 is 0.971 bits per heavy atom. The fourth-order valence-electron chi connectivity index (χ4n) is 4.89. The van der Waals surface area contributed by atoms with Gasteiger partial charge in [0.15, 0.2) is 0 Å². The Labute approximate surface area is 205 Å². The maximum absolute atomic E-state index is 12.9. The molecule has 1 aromatic carbocycles. The zero-order valence-corrected chi connectivity index (χ0v) is 21.0. The minimum Gasteiger partial charge on any atom is -0.393 e. The third kappa shape index (κ3) is 7.18. The van der Waals surface area contributed by atoms with Gasteiger partial charge in [0.2, 0.25) is 15.9 Å². The highest BCUT2D eigenvalue weighted by Crippen LogP contribution is 2.32. The summed E-state index contributed by atoms with van der Waals surface area (Å²) < 4.78 is 71.2. The van der Waals surface area contributed by atoms with E-state index in [0.717, 1.165) is 37.1 Å². The lowest BCUT2D eigenvalue weighted by molar-refractivity contribution is -0.137. The van der Waals surface area contributed by atoms with E-state index >= 15 is 0 Å². The second-order valence-corrected chi connectivity index (χ2v) is 11.6. The summed E-state index contributed by atoms with van der Waals surface area (Å²) in [5.41, 5.74) is -0.890. The van der Waals surface area contributed by atoms with Crippen molar-refractivity contribution in [3.63, 3.8) is 0 Å². The average Bonchev–Trinajstić information content (AvgIpc) is 2.83. The van der Waals surface area contributed by atoms with Gasteiger partial charge in [-0.1, -0.05) is 0 Å². The van der Waals surface area contributed by atoms with Crippen LogP contribution in [0.15, 0.2) is 29.2 Å². The van der Waals surface area contributed by atoms with Gasteiger partial charge in [-0.3, -0.25) is 4.79 Å². The van der Waals surface area contributed by atoms with Gasteiger partial charge in [0.25, 0.3) is 0 Å². The number of alkyl halides is 3. The SMILES string of the molecule is CN(C(=O)CCO[C@H]1CC[C@H](N(C)S(=O)(=O)c2ccc(C(F)(F)F)cc2)CC1)[C@H]1CC[C@H](O)CC1. The fourth-order valence-corrected chi connectivity index (χ4v) is 6.31. The molecule has 1 aromatic rings. The molecule has 3 rings (SSSR count). The predicted octanol–water partition coefficient (Wildman–Crippen LogP) is 3.81. The van der Waals surface area contributed by atoms with Crippen LogP contribution in [-0.4, -0.2) is 73.6 Å². The third-order valence-corrected chi connectivity index (χ3v) is 9.22. The maximum Gasteiger partial charge on any atom is 0.416 e. The van der Waals surface area contributed by atoms with Crippen LogP contribution in [0.5, 0.6) is 0 Å². The minimum atomic E-state index is -4.52. The summed E-state index contributed by atoms with van der Waals surface area (Å²) in [6.45, 7) is 0.299. The molecule has 0 atom stereocenters. The lowest BCUT2D eigenvalue weighted by Gasteiger charge is -2.34. The summed E-state index contributed by atoms with van der Waals surface area (Å²) in [5, 5.41) is 9.63. The number of carbonyl (C=O) groups is 1. The number of hydrogen-bond acceptors (Lipinski definition) is 5. The highest BCUT2D eigenvalue weighted by Gasteiger charge is 2.34. The van der Waals surface area contributed by atoms with Crippen LogP contribution in [-0.2, 0) is 25.7 Å². The number of sulfonamides is 1. The molecule has 0 radical (unpaired) electrons. The van der Waals surface area contributed by atoms with Crippen LogP contribution >= 0.6 is 0 Å². The van der Waals surface area contributed by atoms with E-state index in [1.54, 1.807) is 11.9 Å². The number of hydrogen-bond donors (Lipinski definition) is 1. The normalized spacial score (nSPS) is 26.0. The molecule has 0 spiro atoms. The van der Waals surface area contributed by atoms with Gasteiger partial charge in [-0.25, -0.2) is 8.42 Å². The molecule has 0 heterocycles. The zero-order chi connectivity index (χ0) is 25.8. The van der Waals surface area contributed by atoms with Gasteiger partial charge in [0, 0.05) is 26.2 Å². The van der Waals surface area contributed by atoms with Crippen LogP contribution < -0.4 is 0 Å². The number of carbonyl (C=O) groups excluding carboxylic acids is 1. The van der Waals surface area contributed by atoms with E-state index in [-0.39, 0.29) is 41.5 Å². The first-order chi connectivity index (χ1) is 16.4. The van der Waals surface area contributed by atoms with Crippen molar-refractivity contribution in [1.82, 2.24) is 9.21 Å². The van der Waals surface area contributed by atoms with E-state index in [9.17, 15) is 31.5 Å². The Morgan fingerprint density at radius 3 is 2.06 bits per heavy atom. The Hall–Kier alpha value is -1.69. The van der Waals surface area contributed by atoms with Crippen LogP contribution in [0.25, 0.3) is 0 Å². The van der Waals surface area contributed by atoms with Crippen LogP contribution in [0.4, 0.5) is 13.2 Å². The van der Waals surface area contributed by atoms with Crippen molar-refractivity contribution >= 4 is 15.9 Å². The van der Waals surface area contributed by atoms with Gasteiger partial charge >= 0.3 is 6.18 Å². The Kier molecular flexibility index (Phi) is 9.22. The van der Waals surface area contributed by atoms with Crippen molar-refractivity contribution < 1.29 is 36.2 Å². The van der Waals surface area contributed by atoms with E-state index in [2.05, 4.69) is 0 Å². The molecule has 0 aliphatic heterocycles. The van der Waals surface area contributed by atoms with Crippen LogP contribution in [0.3, 0.4) is 0 Å². The zero-order valence-electron chi connectivity index (χ0n) is 20.2. The van der Waals surface area contributed by atoms with Crippen molar-refractivity contribution in [2.75, 3.05) is 20.7 Å². The maximum atomic E-state index is 12.9. The first kappa shape index (κ1) is 27.9. The fraction of sp³-hybridized carbons (Fsp3) is 0.708. The van der Waals surface area contributed by atoms with E-state index in [4.69, 9.17) is 4.74 Å². The number of aliphatic hydroxyl groups excluding tert-OH is 1. The van der Waals surface area contributed by atoms with Gasteiger partial charge in [-0.05, 0) is 75.6 Å². The molecule has 198 valence electrons. The predicted molar refractivity (Wildman–Crippen MR) is 124 cm³/mol. The minimum absolute atomic E-state index is 0.0162. The van der Waals surface area contributed by atoms with Crippen molar-refractivity contribution in [2.24, 2.45) is 0 Å². The molecular weight excluding hydrogens is 485 g/mol. The quantitative estimate of drug-likeness (QED) is 0.564. The van der Waals surface area contributed by atoms with Gasteiger partial charge in [-0.2, -0.15) is 17.5 Å². The first-order valence-corrected chi connectivity index (χ1v) is 13.5. The number of amides is 1. The summed E-state index contributed by atoms with van der Waals surface area (Å²) in [7, 11) is -0.661. The Balaban J connectivity index is 1.43. The topological polar surface area (TPSA) is 87.2 Å². The standard InChI is InChI=1S/C24H35F3N2O5S/c1-28(18-5-9-20(30)10-6-18)23(31)15-16-34-21-11-7-19(8-12-21)29(2)35(32,33)22-13-3-17(4-14-22)24(25,26)27/h3-4,13-14,18-21,30H,5-12,15-16H2,1-2H3/t18-,19-,20-,21-. The summed E-state index contributed by atoms with van der Waals surface area (Å²) >= 11 is 0. The van der Waals surface area contributed by atoms with Crippen molar-refractivity contribution in [3.8, 4) is 0 Å². The summed E-state index contributed by atoms with van der Waals surface area (Å²) in [5.74, 6) is 0.0162. The van der Waals surface area contributed by atoms with E-state index < -0.39 is 21.8 Å². The van der Waals surface area contributed by atoms with Gasteiger partial charge in [-0.15, -0.1) is 0 Å². The average molecular weight is 521 g/mol. The molecule has 0 bridgehead atoms. The number of rotatable bonds is 8. The largest absolute Gasteiger partial charge is 0.416 e. The van der Waals surface area contributed by atoms with Crippen LogP contribution in [0, 0.1) is 0 Å². The highest BCUT2D eigenvalue weighted by molar-refractivity contribution is 7.89. The third-order valence-electron chi connectivity index (χ3n) is 7.29. The summed E-state index contributed by atoms with van der Waals surface area (Å²) in [6, 6.07) is 3.43. The molecule has 2 saturated carbocycles. The lowest BCUT2D eigenvalue weighted by atomic mass is 9.92. The molecule has 2 fully saturated rings. The van der Waals surface area contributed by atoms with Crippen molar-refractivity contribution in [1.29, 1.82) is 0 Å². The number of nitrogens with zero attached hydrogens (tertiary/aromatic N) is 2. The second-order valence-electron chi connectivity index (χ2n) is 9.56. The number of ether oxygens (including phenoxy) is 1. The summed E-state index contributed by atoms with van der Waals surface area (Å²) in [6.07, 6.45) is 0.880. The van der Waals surface area contributed by atoms with Crippen molar-refractivity contribution in [3.05, 3.63) is 29.8 Å². The summed E-state index contributed by atoms with van der Waals surface area (Å²) in [4.78, 5) is 14.1. The number of aliphatic hydroxyl groups is 1. The van der Waals surface area contributed by atoms with Gasteiger partial charge in [0.1, 0.15) is 0 Å². The number of benzene rings is 1. The van der Waals surface area contributed by atoms with Gasteiger partial charge < -0.3 is 14.7 Å². The highest BCUT2D eigenvalue weighted by atomic mass is 32.2. The van der Waals surface area contributed by atoms with Gasteiger partial charge in [0.05, 0.1) is 35.7 Å². The van der Waals surface area contributed by atoms with E-state index in [1.807, 2.05) is 0 Å².